The van der Waals surface area contributed by atoms with E-state index in [0.717, 1.165) is 16.8 Å². The molecule has 0 aliphatic rings. The van der Waals surface area contributed by atoms with Crippen LogP contribution in [0.25, 0.3) is 0 Å². The molecule has 0 bridgehead atoms. The third kappa shape index (κ3) is 6.68. The third-order valence-corrected chi connectivity index (χ3v) is 6.58. The van der Waals surface area contributed by atoms with Gasteiger partial charge >= 0.3 is 0 Å². The van der Waals surface area contributed by atoms with Crippen LogP contribution < -0.4 is 14.8 Å². The minimum atomic E-state index is -3.83. The van der Waals surface area contributed by atoms with Crippen molar-refractivity contribution in [3.05, 3.63) is 120 Å². The Morgan fingerprint density at radius 3 is 2.40 bits per heavy atom. The molecule has 0 atom stereocenters. The number of sulfonamides is 1. The second-order valence-electron chi connectivity index (χ2n) is 7.94. The van der Waals surface area contributed by atoms with Crippen molar-refractivity contribution in [2.24, 2.45) is 0 Å². The van der Waals surface area contributed by atoms with Crippen LogP contribution in [0.1, 0.15) is 27.2 Å². The summed E-state index contributed by atoms with van der Waals surface area (Å²) in [6.45, 7) is 2.58. The van der Waals surface area contributed by atoms with Gasteiger partial charge in [0.1, 0.15) is 12.4 Å². The number of carbonyl (C=O) groups excluding carboxylic acids is 1. The predicted octanol–water partition coefficient (Wildman–Crippen LogP) is 4.70. The number of nitrogens with one attached hydrogen (secondary N) is 2. The maximum absolute atomic E-state index is 12.8. The van der Waals surface area contributed by atoms with E-state index in [1.54, 1.807) is 30.5 Å². The molecule has 0 saturated heterocycles. The first-order valence-electron chi connectivity index (χ1n) is 11.0. The molecular weight excluding hydrogens is 462 g/mol. The van der Waals surface area contributed by atoms with E-state index in [2.05, 4.69) is 15.0 Å². The molecule has 8 heteroatoms. The Kier molecular flexibility index (Phi) is 7.42. The summed E-state index contributed by atoms with van der Waals surface area (Å²) in [6, 6.07) is 26.0. The zero-order chi connectivity index (χ0) is 24.7. The van der Waals surface area contributed by atoms with Crippen molar-refractivity contribution in [2.75, 3.05) is 4.72 Å². The van der Waals surface area contributed by atoms with E-state index in [4.69, 9.17) is 4.74 Å². The Morgan fingerprint density at radius 1 is 0.914 bits per heavy atom. The molecule has 7 nitrogen and oxygen atoms in total. The van der Waals surface area contributed by atoms with Gasteiger partial charge < -0.3 is 10.1 Å². The van der Waals surface area contributed by atoms with Crippen LogP contribution in [0.2, 0.25) is 0 Å². The lowest BCUT2D eigenvalue weighted by Gasteiger charge is -2.11. The number of ether oxygens (including phenoxy) is 1. The lowest BCUT2D eigenvalue weighted by atomic mass is 10.2. The molecule has 1 amide bonds. The van der Waals surface area contributed by atoms with Crippen LogP contribution in [0.4, 0.5) is 5.69 Å². The van der Waals surface area contributed by atoms with Gasteiger partial charge in [-0.1, -0.05) is 42.0 Å². The van der Waals surface area contributed by atoms with E-state index in [-0.39, 0.29) is 22.9 Å². The normalized spacial score (nSPS) is 11.0. The maximum atomic E-state index is 12.8. The van der Waals surface area contributed by atoms with E-state index in [0.29, 0.717) is 18.0 Å². The van der Waals surface area contributed by atoms with Gasteiger partial charge in [-0.15, -0.1) is 0 Å². The van der Waals surface area contributed by atoms with E-state index < -0.39 is 10.0 Å². The van der Waals surface area contributed by atoms with Crippen LogP contribution in [0, 0.1) is 6.92 Å². The van der Waals surface area contributed by atoms with Crippen LogP contribution in [-0.4, -0.2) is 19.3 Å². The maximum Gasteiger partial charge on any atom is 0.261 e. The molecule has 4 rings (SSSR count). The molecule has 0 spiro atoms. The van der Waals surface area contributed by atoms with Gasteiger partial charge in [0.05, 0.1) is 10.6 Å². The second-order valence-corrected chi connectivity index (χ2v) is 9.62. The Hall–Kier alpha value is -4.17. The number of carbonyl (C=O) groups is 1. The molecule has 4 aromatic rings. The largest absolute Gasteiger partial charge is 0.487 e. The fourth-order valence-corrected chi connectivity index (χ4v) is 4.37. The van der Waals surface area contributed by atoms with Crippen LogP contribution in [0.5, 0.6) is 5.75 Å². The summed E-state index contributed by atoms with van der Waals surface area (Å²) in [6.07, 6.45) is 1.72. The molecule has 1 heterocycles. The Labute approximate surface area is 204 Å². The lowest BCUT2D eigenvalue weighted by Crippen LogP contribution is -2.23. The first-order chi connectivity index (χ1) is 16.9. The first-order valence-corrected chi connectivity index (χ1v) is 12.5. The average Bonchev–Trinajstić information content (AvgIpc) is 2.88. The summed E-state index contributed by atoms with van der Waals surface area (Å²) < 4.78 is 33.8. The van der Waals surface area contributed by atoms with Crippen molar-refractivity contribution in [3.8, 4) is 5.75 Å². The molecule has 35 heavy (non-hydrogen) atoms. The smallest absolute Gasteiger partial charge is 0.261 e. The van der Waals surface area contributed by atoms with E-state index in [9.17, 15) is 13.2 Å². The predicted molar refractivity (Wildman–Crippen MR) is 135 cm³/mol. The second kappa shape index (κ2) is 10.8. The molecule has 1 aromatic heterocycles. The molecule has 3 aromatic carbocycles. The molecule has 0 aliphatic carbocycles. The minimum absolute atomic E-state index is 0.0140. The lowest BCUT2D eigenvalue weighted by molar-refractivity contribution is 0.0950. The zero-order valence-electron chi connectivity index (χ0n) is 19.1. The Morgan fingerprint density at radius 2 is 1.69 bits per heavy atom. The van der Waals surface area contributed by atoms with Crippen LogP contribution in [0.15, 0.2) is 102 Å². The van der Waals surface area contributed by atoms with Gasteiger partial charge in [0, 0.05) is 24.0 Å². The number of aromatic nitrogens is 1. The van der Waals surface area contributed by atoms with Gasteiger partial charge in [-0.05, 0) is 67.1 Å². The number of hydrogen-bond donors (Lipinski definition) is 2. The van der Waals surface area contributed by atoms with Gasteiger partial charge in [0.25, 0.3) is 15.9 Å². The summed E-state index contributed by atoms with van der Waals surface area (Å²) in [4.78, 5) is 16.9. The SMILES string of the molecule is Cc1ccc(NS(=O)(=O)c2cccc(C(=O)NCc3ccc(OCc4ccccn4)cc3)c2)cc1. The number of aryl methyl sites for hydroxylation is 1. The number of nitrogens with zero attached hydrogens (tertiary/aromatic N) is 1. The van der Waals surface area contributed by atoms with E-state index in [1.807, 2.05) is 61.5 Å². The molecule has 2 N–H and O–H groups in total. The fraction of sp³-hybridized carbons (Fsp3) is 0.111. The van der Waals surface area contributed by atoms with Crippen LogP contribution >= 0.6 is 0 Å². The standard InChI is InChI=1S/C27H25N3O4S/c1-20-8-12-23(13-9-20)30-35(32,33)26-7-4-5-22(17-26)27(31)29-18-21-10-14-25(15-11-21)34-19-24-6-2-3-16-28-24/h2-17,30H,18-19H2,1H3,(H,29,31). The number of benzene rings is 3. The van der Waals surface area contributed by atoms with Gasteiger partial charge in [-0.3, -0.25) is 14.5 Å². The summed E-state index contributed by atoms with van der Waals surface area (Å²) in [5.41, 5.74) is 3.46. The number of hydrogen-bond acceptors (Lipinski definition) is 5. The highest BCUT2D eigenvalue weighted by atomic mass is 32.2. The van der Waals surface area contributed by atoms with Crippen molar-refractivity contribution in [1.29, 1.82) is 0 Å². The van der Waals surface area contributed by atoms with Crippen LogP contribution in [0.3, 0.4) is 0 Å². The molecule has 0 fully saturated rings. The first kappa shape index (κ1) is 24.0. The highest BCUT2D eigenvalue weighted by molar-refractivity contribution is 7.92. The molecule has 0 saturated carbocycles. The molecule has 178 valence electrons. The van der Waals surface area contributed by atoms with Crippen molar-refractivity contribution in [1.82, 2.24) is 10.3 Å². The van der Waals surface area contributed by atoms with E-state index in [1.165, 1.54) is 12.1 Å². The minimum Gasteiger partial charge on any atom is -0.487 e. The summed E-state index contributed by atoms with van der Waals surface area (Å²) in [5.74, 6) is 0.331. The average molecular weight is 488 g/mol. The highest BCUT2D eigenvalue weighted by Crippen LogP contribution is 2.18. The van der Waals surface area contributed by atoms with Gasteiger partial charge in [0.2, 0.25) is 0 Å². The fourth-order valence-electron chi connectivity index (χ4n) is 3.27. The molecule has 0 unspecified atom stereocenters. The number of pyridine rings is 1. The monoisotopic (exact) mass is 487 g/mol. The topological polar surface area (TPSA) is 97.4 Å². The van der Waals surface area contributed by atoms with Crippen molar-refractivity contribution in [3.63, 3.8) is 0 Å². The van der Waals surface area contributed by atoms with Crippen molar-refractivity contribution >= 4 is 21.6 Å². The number of amides is 1. The molecule has 0 radical (unpaired) electrons. The number of anilines is 1. The molecular formula is C27H25N3O4S. The summed E-state index contributed by atoms with van der Waals surface area (Å²) in [5, 5.41) is 2.82. The summed E-state index contributed by atoms with van der Waals surface area (Å²) >= 11 is 0. The number of rotatable bonds is 9. The van der Waals surface area contributed by atoms with Crippen molar-refractivity contribution < 1.29 is 17.9 Å². The van der Waals surface area contributed by atoms with Gasteiger partial charge in [0.15, 0.2) is 0 Å². The third-order valence-electron chi connectivity index (χ3n) is 5.20. The van der Waals surface area contributed by atoms with E-state index >= 15 is 0 Å². The zero-order valence-corrected chi connectivity index (χ0v) is 20.0. The van der Waals surface area contributed by atoms with Gasteiger partial charge in [-0.2, -0.15) is 0 Å². The van der Waals surface area contributed by atoms with Gasteiger partial charge in [-0.25, -0.2) is 8.42 Å². The van der Waals surface area contributed by atoms with Crippen molar-refractivity contribution in [2.45, 2.75) is 25.0 Å². The summed E-state index contributed by atoms with van der Waals surface area (Å²) in [7, 11) is -3.83. The quantitative estimate of drug-likeness (QED) is 0.357. The Bertz CT molecular complexity index is 1390. The highest BCUT2D eigenvalue weighted by Gasteiger charge is 2.16. The Balaban J connectivity index is 1.34. The molecule has 0 aliphatic heterocycles. The van der Waals surface area contributed by atoms with Crippen LogP contribution in [-0.2, 0) is 23.2 Å².